The van der Waals surface area contributed by atoms with Crippen LogP contribution in [-0.4, -0.2) is 16.1 Å². The number of anilines is 1. The molecule has 1 heterocycles. The molecule has 3 aromatic rings. The van der Waals surface area contributed by atoms with Crippen molar-refractivity contribution in [1.82, 2.24) is 10.2 Å². The minimum absolute atomic E-state index is 0.179. The van der Waals surface area contributed by atoms with E-state index in [0.29, 0.717) is 17.2 Å². The molecule has 126 valence electrons. The summed E-state index contributed by atoms with van der Waals surface area (Å²) in [7, 11) is 0. The van der Waals surface area contributed by atoms with Crippen molar-refractivity contribution in [1.29, 1.82) is 0 Å². The van der Waals surface area contributed by atoms with Gasteiger partial charge in [-0.05, 0) is 49.2 Å². The van der Waals surface area contributed by atoms with E-state index in [9.17, 15) is 4.79 Å². The van der Waals surface area contributed by atoms with Crippen LogP contribution in [0.4, 0.5) is 5.69 Å². The highest BCUT2D eigenvalue weighted by Crippen LogP contribution is 2.21. The van der Waals surface area contributed by atoms with Crippen molar-refractivity contribution in [2.24, 2.45) is 0 Å². The Hall–Kier alpha value is -3.21. The summed E-state index contributed by atoms with van der Waals surface area (Å²) in [4.78, 5) is 12.5. The van der Waals surface area contributed by atoms with Gasteiger partial charge in [0.2, 0.25) is 5.88 Å². The van der Waals surface area contributed by atoms with Crippen LogP contribution < -0.4 is 10.1 Å². The predicted molar refractivity (Wildman–Crippen MR) is 97.1 cm³/mol. The third-order valence-electron chi connectivity index (χ3n) is 3.74. The van der Waals surface area contributed by atoms with Crippen molar-refractivity contribution in [3.63, 3.8) is 0 Å². The number of nitrogens with one attached hydrogen (secondary N) is 1. The Morgan fingerprint density at radius 3 is 2.64 bits per heavy atom. The monoisotopic (exact) mass is 333 g/mol. The Kier molecular flexibility index (Phi) is 5.04. The van der Waals surface area contributed by atoms with Gasteiger partial charge in [0.15, 0.2) is 0 Å². The number of benzene rings is 2. The van der Waals surface area contributed by atoms with Crippen LogP contribution in [0.5, 0.6) is 11.6 Å². The Morgan fingerprint density at radius 2 is 1.88 bits per heavy atom. The fourth-order valence-electron chi connectivity index (χ4n) is 2.41. The van der Waals surface area contributed by atoms with Crippen LogP contribution in [0.1, 0.15) is 28.5 Å². The number of rotatable bonds is 5. The van der Waals surface area contributed by atoms with E-state index in [4.69, 9.17) is 4.74 Å². The molecule has 0 saturated carbocycles. The van der Waals surface area contributed by atoms with Gasteiger partial charge in [0.05, 0.1) is 5.69 Å². The lowest BCUT2D eigenvalue weighted by atomic mass is 10.1. The molecule has 25 heavy (non-hydrogen) atoms. The third-order valence-corrected chi connectivity index (χ3v) is 3.74. The summed E-state index contributed by atoms with van der Waals surface area (Å²) in [5, 5.41) is 10.9. The second-order valence-electron chi connectivity index (χ2n) is 5.61. The maximum absolute atomic E-state index is 12.5. The van der Waals surface area contributed by atoms with E-state index in [1.807, 2.05) is 37.3 Å². The van der Waals surface area contributed by atoms with Gasteiger partial charge >= 0.3 is 0 Å². The Morgan fingerprint density at radius 1 is 1.04 bits per heavy atom. The van der Waals surface area contributed by atoms with E-state index in [-0.39, 0.29) is 5.91 Å². The molecule has 0 bridgehead atoms. The third kappa shape index (κ3) is 4.20. The zero-order valence-electron chi connectivity index (χ0n) is 14.2. The summed E-state index contributed by atoms with van der Waals surface area (Å²) in [5.41, 5.74) is 3.25. The second kappa shape index (κ2) is 7.57. The number of aromatic nitrogens is 2. The molecule has 2 aromatic carbocycles. The van der Waals surface area contributed by atoms with E-state index in [1.165, 1.54) is 0 Å². The standard InChI is InChI=1S/C20H19N3O2/c1-3-15-7-4-5-10-18(15)21-20(24)16-8-6-9-17(13-16)25-19-12-11-14(2)22-23-19/h4-13H,3H2,1-2H3,(H,21,24). The number of para-hydroxylation sites is 1. The Bertz CT molecular complexity index is 876. The number of ether oxygens (including phenoxy) is 1. The molecule has 0 aliphatic heterocycles. The maximum Gasteiger partial charge on any atom is 0.255 e. The fraction of sp³-hybridized carbons (Fsp3) is 0.150. The van der Waals surface area contributed by atoms with Crippen molar-refractivity contribution in [3.8, 4) is 11.6 Å². The minimum Gasteiger partial charge on any atom is -0.438 e. The first-order chi connectivity index (χ1) is 12.2. The number of amides is 1. The smallest absolute Gasteiger partial charge is 0.255 e. The van der Waals surface area contributed by atoms with Crippen molar-refractivity contribution >= 4 is 11.6 Å². The molecule has 3 rings (SSSR count). The van der Waals surface area contributed by atoms with Crippen LogP contribution in [-0.2, 0) is 6.42 Å². The summed E-state index contributed by atoms with van der Waals surface area (Å²) in [6.07, 6.45) is 0.853. The van der Waals surface area contributed by atoms with Crippen LogP contribution in [0.25, 0.3) is 0 Å². The van der Waals surface area contributed by atoms with E-state index >= 15 is 0 Å². The Balaban J connectivity index is 1.76. The van der Waals surface area contributed by atoms with E-state index in [0.717, 1.165) is 23.4 Å². The predicted octanol–water partition coefficient (Wildman–Crippen LogP) is 4.39. The molecule has 0 atom stereocenters. The lowest BCUT2D eigenvalue weighted by molar-refractivity contribution is 0.102. The van der Waals surface area contributed by atoms with E-state index < -0.39 is 0 Å². The average Bonchev–Trinajstić information content (AvgIpc) is 2.64. The van der Waals surface area contributed by atoms with Crippen LogP contribution in [0.2, 0.25) is 0 Å². The number of carbonyl (C=O) groups excluding carboxylic acids is 1. The Labute approximate surface area is 146 Å². The molecule has 0 aliphatic rings. The van der Waals surface area contributed by atoms with Crippen molar-refractivity contribution in [2.45, 2.75) is 20.3 Å². The number of nitrogens with zero attached hydrogens (tertiary/aromatic N) is 2. The first-order valence-electron chi connectivity index (χ1n) is 8.13. The number of hydrogen-bond donors (Lipinski definition) is 1. The summed E-state index contributed by atoms with van der Waals surface area (Å²) < 4.78 is 5.67. The molecular formula is C20H19N3O2. The van der Waals surface area contributed by atoms with E-state index in [1.54, 1.807) is 30.3 Å². The molecule has 1 aromatic heterocycles. The molecule has 5 nitrogen and oxygen atoms in total. The molecule has 1 amide bonds. The van der Waals surface area contributed by atoms with Gasteiger partial charge in [-0.15, -0.1) is 5.10 Å². The van der Waals surface area contributed by atoms with Gasteiger partial charge in [0.1, 0.15) is 5.75 Å². The van der Waals surface area contributed by atoms with Crippen LogP contribution in [0, 0.1) is 6.92 Å². The molecule has 0 radical (unpaired) electrons. The van der Waals surface area contributed by atoms with Crippen LogP contribution in [0.15, 0.2) is 60.7 Å². The lowest BCUT2D eigenvalue weighted by Crippen LogP contribution is -2.13. The average molecular weight is 333 g/mol. The van der Waals surface area contributed by atoms with Gasteiger partial charge < -0.3 is 10.1 Å². The highest BCUT2D eigenvalue weighted by atomic mass is 16.5. The number of aryl methyl sites for hydroxylation is 2. The van der Waals surface area contributed by atoms with Gasteiger partial charge in [0.25, 0.3) is 5.91 Å². The van der Waals surface area contributed by atoms with Crippen molar-refractivity contribution in [2.75, 3.05) is 5.32 Å². The first kappa shape index (κ1) is 16.6. The second-order valence-corrected chi connectivity index (χ2v) is 5.61. The minimum atomic E-state index is -0.179. The summed E-state index contributed by atoms with van der Waals surface area (Å²) >= 11 is 0. The van der Waals surface area contributed by atoms with Crippen molar-refractivity contribution in [3.05, 3.63) is 77.5 Å². The van der Waals surface area contributed by atoms with E-state index in [2.05, 4.69) is 22.4 Å². The first-order valence-corrected chi connectivity index (χ1v) is 8.13. The molecular weight excluding hydrogens is 314 g/mol. The zero-order valence-corrected chi connectivity index (χ0v) is 14.2. The summed E-state index contributed by atoms with van der Waals surface area (Å²) in [5.74, 6) is 0.746. The topological polar surface area (TPSA) is 64.1 Å². The normalized spacial score (nSPS) is 10.3. The SMILES string of the molecule is CCc1ccccc1NC(=O)c1cccc(Oc2ccc(C)nn2)c1. The van der Waals surface area contributed by atoms with Crippen LogP contribution >= 0.6 is 0 Å². The lowest BCUT2D eigenvalue weighted by Gasteiger charge is -2.10. The van der Waals surface area contributed by atoms with Gasteiger partial charge in [-0.25, -0.2) is 0 Å². The number of carbonyl (C=O) groups is 1. The van der Waals surface area contributed by atoms with Gasteiger partial charge in [-0.1, -0.05) is 31.2 Å². The molecule has 0 spiro atoms. The van der Waals surface area contributed by atoms with Crippen molar-refractivity contribution < 1.29 is 9.53 Å². The maximum atomic E-state index is 12.5. The quantitative estimate of drug-likeness (QED) is 0.752. The highest BCUT2D eigenvalue weighted by Gasteiger charge is 2.10. The highest BCUT2D eigenvalue weighted by molar-refractivity contribution is 6.04. The summed E-state index contributed by atoms with van der Waals surface area (Å²) in [6, 6.07) is 18.3. The summed E-state index contributed by atoms with van der Waals surface area (Å²) in [6.45, 7) is 3.91. The molecule has 0 fully saturated rings. The molecule has 0 unspecified atom stereocenters. The van der Waals surface area contributed by atoms with Gasteiger partial charge in [-0.2, -0.15) is 5.10 Å². The number of hydrogen-bond acceptors (Lipinski definition) is 4. The van der Waals surface area contributed by atoms with Crippen LogP contribution in [0.3, 0.4) is 0 Å². The zero-order chi connectivity index (χ0) is 17.6. The molecule has 0 saturated heterocycles. The largest absolute Gasteiger partial charge is 0.438 e. The fourth-order valence-corrected chi connectivity index (χ4v) is 2.41. The molecule has 0 aliphatic carbocycles. The molecule has 1 N–H and O–H groups in total. The molecule has 5 heteroatoms. The van der Waals surface area contributed by atoms with Gasteiger partial charge in [0, 0.05) is 17.3 Å². The van der Waals surface area contributed by atoms with Gasteiger partial charge in [-0.3, -0.25) is 4.79 Å².